The van der Waals surface area contributed by atoms with E-state index in [-0.39, 0.29) is 12.5 Å². The molecular formula is C29H37NO4. The molecule has 0 saturated carbocycles. The van der Waals surface area contributed by atoms with Gasteiger partial charge in [0.15, 0.2) is 6.61 Å². The maximum absolute atomic E-state index is 12.2. The number of benzene rings is 2. The zero-order chi connectivity index (χ0) is 24.6. The zero-order valence-electron chi connectivity index (χ0n) is 20.8. The van der Waals surface area contributed by atoms with Crippen LogP contribution in [0.2, 0.25) is 0 Å². The number of rotatable bonds is 13. The molecule has 34 heavy (non-hydrogen) atoms. The number of nitrogens with zero attached hydrogens (tertiary/aromatic N) is 1. The van der Waals surface area contributed by atoms with Crippen LogP contribution in [0.5, 0.6) is 5.75 Å². The van der Waals surface area contributed by atoms with E-state index in [0.717, 1.165) is 23.1 Å². The van der Waals surface area contributed by atoms with Crippen molar-refractivity contribution in [2.45, 2.75) is 71.9 Å². The summed E-state index contributed by atoms with van der Waals surface area (Å²) < 4.78 is 9.93. The van der Waals surface area contributed by atoms with Gasteiger partial charge in [-0.05, 0) is 41.8 Å². The van der Waals surface area contributed by atoms with Crippen molar-refractivity contribution in [2.75, 3.05) is 13.7 Å². The second kappa shape index (κ2) is 15.6. The van der Waals surface area contributed by atoms with Crippen LogP contribution < -0.4 is 4.74 Å². The number of hydrogen-bond donors (Lipinski definition) is 0. The standard InChI is InChI=1S/C29H37NO4/c1-4-5-6-7-8-9-10-11-12-25-13-15-26(16-14-25)21-30(24(2)31)22-27-17-19-28(20-18-27)34-23-29(32)33-3/h13-20H,4-10,21-23H2,1-3H3. The molecule has 2 aromatic rings. The second-order valence-corrected chi connectivity index (χ2v) is 8.40. The molecule has 0 atom stereocenters. The minimum atomic E-state index is -0.429. The summed E-state index contributed by atoms with van der Waals surface area (Å²) in [4.78, 5) is 25.2. The van der Waals surface area contributed by atoms with Crippen LogP contribution in [-0.4, -0.2) is 30.5 Å². The summed E-state index contributed by atoms with van der Waals surface area (Å²) in [5.41, 5.74) is 3.05. The van der Waals surface area contributed by atoms with Gasteiger partial charge in [-0.3, -0.25) is 4.79 Å². The molecule has 0 saturated heterocycles. The van der Waals surface area contributed by atoms with Gasteiger partial charge in [-0.2, -0.15) is 0 Å². The van der Waals surface area contributed by atoms with E-state index in [9.17, 15) is 9.59 Å². The Morgan fingerprint density at radius 2 is 1.44 bits per heavy atom. The van der Waals surface area contributed by atoms with Gasteiger partial charge in [-0.1, -0.05) is 75.1 Å². The summed E-state index contributed by atoms with van der Waals surface area (Å²) in [6.45, 7) is 4.71. The molecule has 0 unspecified atom stereocenters. The third-order valence-electron chi connectivity index (χ3n) is 5.54. The topological polar surface area (TPSA) is 55.8 Å². The van der Waals surface area contributed by atoms with E-state index in [1.807, 2.05) is 36.4 Å². The minimum Gasteiger partial charge on any atom is -0.482 e. The Morgan fingerprint density at radius 3 is 2.03 bits per heavy atom. The molecule has 5 nitrogen and oxygen atoms in total. The molecule has 0 aliphatic carbocycles. The molecule has 1 amide bonds. The fraction of sp³-hybridized carbons (Fsp3) is 0.448. The van der Waals surface area contributed by atoms with Crippen molar-refractivity contribution < 1.29 is 19.1 Å². The summed E-state index contributed by atoms with van der Waals surface area (Å²) in [6.07, 6.45) is 8.63. The van der Waals surface area contributed by atoms with Crippen LogP contribution in [0.3, 0.4) is 0 Å². The van der Waals surface area contributed by atoms with Crippen molar-refractivity contribution in [1.29, 1.82) is 0 Å². The molecule has 2 aromatic carbocycles. The molecule has 0 N–H and O–H groups in total. The molecule has 2 rings (SSSR count). The lowest BCUT2D eigenvalue weighted by atomic mass is 10.1. The number of ether oxygens (including phenoxy) is 2. The molecule has 0 bridgehead atoms. The van der Waals surface area contributed by atoms with E-state index in [1.54, 1.807) is 24.0 Å². The number of hydrogen-bond acceptors (Lipinski definition) is 4. The number of unbranched alkanes of at least 4 members (excludes halogenated alkanes) is 6. The first-order valence-electron chi connectivity index (χ1n) is 12.1. The zero-order valence-corrected chi connectivity index (χ0v) is 20.8. The maximum atomic E-state index is 12.2. The lowest BCUT2D eigenvalue weighted by molar-refractivity contribution is -0.142. The maximum Gasteiger partial charge on any atom is 0.343 e. The Hall–Kier alpha value is -3.26. The molecule has 0 spiro atoms. The Kier molecular flexibility index (Phi) is 12.3. The summed E-state index contributed by atoms with van der Waals surface area (Å²) in [6, 6.07) is 15.5. The Labute approximate surface area is 204 Å². The number of amides is 1. The average Bonchev–Trinajstić information content (AvgIpc) is 2.85. The van der Waals surface area contributed by atoms with Gasteiger partial charge in [0.05, 0.1) is 7.11 Å². The van der Waals surface area contributed by atoms with Crippen molar-refractivity contribution in [3.8, 4) is 17.6 Å². The van der Waals surface area contributed by atoms with E-state index in [1.165, 1.54) is 45.6 Å². The highest BCUT2D eigenvalue weighted by atomic mass is 16.6. The highest BCUT2D eigenvalue weighted by Gasteiger charge is 2.11. The van der Waals surface area contributed by atoms with Crippen LogP contribution >= 0.6 is 0 Å². The highest BCUT2D eigenvalue weighted by Crippen LogP contribution is 2.16. The smallest absolute Gasteiger partial charge is 0.343 e. The molecular weight excluding hydrogens is 426 g/mol. The van der Waals surface area contributed by atoms with Crippen LogP contribution in [0.4, 0.5) is 0 Å². The van der Waals surface area contributed by atoms with Crippen LogP contribution in [-0.2, 0) is 27.4 Å². The molecule has 0 fully saturated rings. The quantitative estimate of drug-likeness (QED) is 0.211. The number of esters is 1. The van der Waals surface area contributed by atoms with Crippen LogP contribution in [0.15, 0.2) is 48.5 Å². The van der Waals surface area contributed by atoms with Crippen LogP contribution in [0.25, 0.3) is 0 Å². The molecule has 0 radical (unpaired) electrons. The number of carbonyl (C=O) groups excluding carboxylic acids is 2. The van der Waals surface area contributed by atoms with Crippen molar-refractivity contribution in [3.05, 3.63) is 65.2 Å². The van der Waals surface area contributed by atoms with Gasteiger partial charge in [0, 0.05) is 32.0 Å². The predicted molar refractivity (Wildman–Crippen MR) is 135 cm³/mol. The van der Waals surface area contributed by atoms with Crippen molar-refractivity contribution in [1.82, 2.24) is 4.90 Å². The number of carbonyl (C=O) groups is 2. The first-order chi connectivity index (χ1) is 16.5. The molecule has 0 aliphatic heterocycles. The summed E-state index contributed by atoms with van der Waals surface area (Å²) in [5, 5.41) is 0. The van der Waals surface area contributed by atoms with E-state index in [0.29, 0.717) is 18.8 Å². The summed E-state index contributed by atoms with van der Waals surface area (Å²) in [5.74, 6) is 6.68. The van der Waals surface area contributed by atoms with Gasteiger partial charge in [-0.15, -0.1) is 0 Å². The van der Waals surface area contributed by atoms with Crippen molar-refractivity contribution in [3.63, 3.8) is 0 Å². The molecule has 5 heteroatoms. The van der Waals surface area contributed by atoms with Gasteiger partial charge in [-0.25, -0.2) is 4.79 Å². The van der Waals surface area contributed by atoms with E-state index in [2.05, 4.69) is 23.5 Å². The van der Waals surface area contributed by atoms with Crippen LogP contribution in [0.1, 0.15) is 75.5 Å². The van der Waals surface area contributed by atoms with Gasteiger partial charge in [0.1, 0.15) is 5.75 Å². The van der Waals surface area contributed by atoms with Gasteiger partial charge in [0.25, 0.3) is 0 Å². The lowest BCUT2D eigenvalue weighted by Gasteiger charge is -2.21. The lowest BCUT2D eigenvalue weighted by Crippen LogP contribution is -2.27. The molecule has 0 aliphatic rings. The SMILES string of the molecule is CCCCCCCCC#Cc1ccc(CN(Cc2ccc(OCC(=O)OC)cc2)C(C)=O)cc1. The van der Waals surface area contributed by atoms with Gasteiger partial charge in [0.2, 0.25) is 5.91 Å². The molecule has 182 valence electrons. The molecule has 0 aromatic heterocycles. The second-order valence-electron chi connectivity index (χ2n) is 8.40. The summed E-state index contributed by atoms with van der Waals surface area (Å²) in [7, 11) is 1.32. The van der Waals surface area contributed by atoms with E-state index < -0.39 is 5.97 Å². The fourth-order valence-electron chi connectivity index (χ4n) is 3.46. The van der Waals surface area contributed by atoms with Crippen LogP contribution in [0, 0.1) is 11.8 Å². The predicted octanol–water partition coefficient (Wildman–Crippen LogP) is 5.89. The minimum absolute atomic E-state index is 0.00817. The van der Waals surface area contributed by atoms with Gasteiger partial charge < -0.3 is 14.4 Å². The third kappa shape index (κ3) is 10.6. The van der Waals surface area contributed by atoms with E-state index in [4.69, 9.17) is 4.74 Å². The normalized spacial score (nSPS) is 10.2. The summed E-state index contributed by atoms with van der Waals surface area (Å²) >= 11 is 0. The highest BCUT2D eigenvalue weighted by molar-refractivity contribution is 5.73. The largest absolute Gasteiger partial charge is 0.482 e. The average molecular weight is 464 g/mol. The van der Waals surface area contributed by atoms with Crippen molar-refractivity contribution in [2.24, 2.45) is 0 Å². The number of methoxy groups -OCH3 is 1. The Bertz CT molecular complexity index is 939. The monoisotopic (exact) mass is 463 g/mol. The fourth-order valence-corrected chi connectivity index (χ4v) is 3.46. The Morgan fingerprint density at radius 1 is 0.853 bits per heavy atom. The van der Waals surface area contributed by atoms with Crippen molar-refractivity contribution >= 4 is 11.9 Å². The molecule has 0 heterocycles. The first kappa shape index (κ1) is 27.0. The van der Waals surface area contributed by atoms with Gasteiger partial charge >= 0.3 is 5.97 Å². The van der Waals surface area contributed by atoms with E-state index >= 15 is 0 Å². The third-order valence-corrected chi connectivity index (χ3v) is 5.54. The first-order valence-corrected chi connectivity index (χ1v) is 12.1. The Balaban J connectivity index is 1.83.